The van der Waals surface area contributed by atoms with E-state index in [1.807, 2.05) is 30.3 Å². The van der Waals surface area contributed by atoms with Gasteiger partial charge in [-0.2, -0.15) is 0 Å². The largest absolute Gasteiger partial charge is 0.397 e. The summed E-state index contributed by atoms with van der Waals surface area (Å²) < 4.78 is 10.5. The summed E-state index contributed by atoms with van der Waals surface area (Å²) in [5.41, 5.74) is 1.10. The summed E-state index contributed by atoms with van der Waals surface area (Å²) in [4.78, 5) is 0. The van der Waals surface area contributed by atoms with Crippen molar-refractivity contribution in [3.63, 3.8) is 0 Å². The van der Waals surface area contributed by atoms with Crippen molar-refractivity contribution in [2.45, 2.75) is 0 Å². The number of rotatable bonds is 4. The van der Waals surface area contributed by atoms with Crippen molar-refractivity contribution in [2.75, 3.05) is 14.2 Å². The Balaban J connectivity index is 2.78. The molecule has 70 valence electrons. The molecule has 0 heterocycles. The maximum Gasteiger partial charge on any atom is 0.355 e. The van der Waals surface area contributed by atoms with Gasteiger partial charge in [0.05, 0.1) is 0 Å². The lowest BCUT2D eigenvalue weighted by molar-refractivity contribution is 0.293. The van der Waals surface area contributed by atoms with Crippen molar-refractivity contribution in [3.8, 4) is 0 Å². The van der Waals surface area contributed by atoms with Gasteiger partial charge < -0.3 is 8.85 Å². The maximum atomic E-state index is 5.23. The Kier molecular flexibility index (Phi) is 3.89. The summed E-state index contributed by atoms with van der Waals surface area (Å²) >= 11 is 0. The van der Waals surface area contributed by atoms with E-state index in [4.69, 9.17) is 8.85 Å². The molecule has 0 unspecified atom stereocenters. The van der Waals surface area contributed by atoms with E-state index in [1.165, 1.54) is 0 Å². The summed E-state index contributed by atoms with van der Waals surface area (Å²) in [6, 6.07) is 9.97. The molecule has 2 nitrogen and oxygen atoms in total. The predicted octanol–water partition coefficient (Wildman–Crippen LogP) is 1.75. The SMILES string of the molecule is C=C(c1ccccc1)[SiH](OC)OC. The van der Waals surface area contributed by atoms with Crippen LogP contribution >= 0.6 is 0 Å². The molecular formula is C10H14O2Si. The first-order valence-corrected chi connectivity index (χ1v) is 5.61. The van der Waals surface area contributed by atoms with Crippen LogP contribution in [0.2, 0.25) is 0 Å². The molecule has 0 amide bonds. The predicted molar refractivity (Wildman–Crippen MR) is 56.6 cm³/mol. The lowest BCUT2D eigenvalue weighted by atomic mass is 10.2. The number of hydrogen-bond donors (Lipinski definition) is 0. The number of benzene rings is 1. The number of hydrogen-bond acceptors (Lipinski definition) is 2. The van der Waals surface area contributed by atoms with E-state index in [-0.39, 0.29) is 0 Å². The van der Waals surface area contributed by atoms with Crippen molar-refractivity contribution in [1.82, 2.24) is 0 Å². The minimum Gasteiger partial charge on any atom is -0.397 e. The molecule has 0 aliphatic carbocycles. The molecule has 1 aromatic carbocycles. The second-order valence-electron chi connectivity index (χ2n) is 2.69. The fraction of sp³-hybridized carbons (Fsp3) is 0.200. The minimum atomic E-state index is -1.71. The molecule has 0 saturated carbocycles. The van der Waals surface area contributed by atoms with Crippen molar-refractivity contribution in [3.05, 3.63) is 42.5 Å². The van der Waals surface area contributed by atoms with Gasteiger partial charge in [0.25, 0.3) is 0 Å². The van der Waals surface area contributed by atoms with Gasteiger partial charge >= 0.3 is 9.28 Å². The average Bonchev–Trinajstić information content (AvgIpc) is 2.21. The van der Waals surface area contributed by atoms with Crippen molar-refractivity contribution in [1.29, 1.82) is 0 Å². The fourth-order valence-corrected chi connectivity index (χ4v) is 2.40. The van der Waals surface area contributed by atoms with Gasteiger partial charge in [0.1, 0.15) is 0 Å². The standard InChI is InChI=1S/C10H14O2Si/c1-9(13(11-2)12-3)10-7-5-4-6-8-10/h4-8,13H,1H2,2-3H3. The minimum absolute atomic E-state index is 0.977. The highest BCUT2D eigenvalue weighted by atomic mass is 28.3. The van der Waals surface area contributed by atoms with Crippen LogP contribution in [0.25, 0.3) is 5.20 Å². The van der Waals surface area contributed by atoms with E-state index in [2.05, 4.69) is 6.58 Å². The van der Waals surface area contributed by atoms with Crippen LogP contribution in [0.5, 0.6) is 0 Å². The molecule has 0 bridgehead atoms. The average molecular weight is 194 g/mol. The van der Waals surface area contributed by atoms with E-state index in [0.717, 1.165) is 10.8 Å². The topological polar surface area (TPSA) is 18.5 Å². The van der Waals surface area contributed by atoms with Crippen LogP contribution in [0.1, 0.15) is 5.56 Å². The first-order valence-electron chi connectivity index (χ1n) is 4.09. The van der Waals surface area contributed by atoms with E-state index in [0.29, 0.717) is 0 Å². The van der Waals surface area contributed by atoms with Crippen LogP contribution in [-0.4, -0.2) is 23.5 Å². The van der Waals surface area contributed by atoms with E-state index < -0.39 is 9.28 Å². The van der Waals surface area contributed by atoms with Crippen LogP contribution in [0.3, 0.4) is 0 Å². The van der Waals surface area contributed by atoms with Gasteiger partial charge in [-0.1, -0.05) is 36.9 Å². The Morgan fingerprint density at radius 2 is 1.69 bits per heavy atom. The Bertz CT molecular complexity index is 268. The van der Waals surface area contributed by atoms with Gasteiger partial charge in [-0.25, -0.2) is 0 Å². The van der Waals surface area contributed by atoms with Gasteiger partial charge in [-0.05, 0) is 10.8 Å². The lowest BCUT2D eigenvalue weighted by Crippen LogP contribution is -2.20. The molecule has 0 aliphatic heterocycles. The molecule has 1 rings (SSSR count). The molecule has 0 fully saturated rings. The van der Waals surface area contributed by atoms with Crippen LogP contribution in [-0.2, 0) is 8.85 Å². The highest BCUT2D eigenvalue weighted by Crippen LogP contribution is 2.15. The zero-order chi connectivity index (χ0) is 9.68. The Morgan fingerprint density at radius 1 is 1.15 bits per heavy atom. The molecule has 0 aromatic heterocycles. The van der Waals surface area contributed by atoms with Gasteiger partial charge in [-0.15, -0.1) is 0 Å². The zero-order valence-corrected chi connectivity index (χ0v) is 9.14. The second kappa shape index (κ2) is 4.96. The van der Waals surface area contributed by atoms with E-state index in [1.54, 1.807) is 14.2 Å². The first kappa shape index (κ1) is 10.2. The molecular weight excluding hydrogens is 180 g/mol. The highest BCUT2D eigenvalue weighted by molar-refractivity contribution is 6.67. The van der Waals surface area contributed by atoms with E-state index >= 15 is 0 Å². The molecule has 3 heteroatoms. The third-order valence-corrected chi connectivity index (χ3v) is 3.62. The quantitative estimate of drug-likeness (QED) is 0.680. The summed E-state index contributed by atoms with van der Waals surface area (Å²) in [5.74, 6) is 0. The fourth-order valence-electron chi connectivity index (χ4n) is 1.17. The Hall–Kier alpha value is -0.903. The zero-order valence-electron chi connectivity index (χ0n) is 7.99. The van der Waals surface area contributed by atoms with Crippen molar-refractivity contribution < 1.29 is 8.85 Å². The van der Waals surface area contributed by atoms with Gasteiger partial charge in [0.15, 0.2) is 0 Å². The molecule has 0 aliphatic rings. The van der Waals surface area contributed by atoms with Gasteiger partial charge in [0, 0.05) is 14.2 Å². The van der Waals surface area contributed by atoms with Gasteiger partial charge in [-0.3, -0.25) is 0 Å². The monoisotopic (exact) mass is 194 g/mol. The highest BCUT2D eigenvalue weighted by Gasteiger charge is 2.15. The third-order valence-electron chi connectivity index (χ3n) is 1.86. The smallest absolute Gasteiger partial charge is 0.355 e. The molecule has 1 aromatic rings. The molecule has 0 atom stereocenters. The maximum absolute atomic E-state index is 5.23. The second-order valence-corrected chi connectivity index (χ2v) is 5.00. The summed E-state index contributed by atoms with van der Waals surface area (Å²) in [7, 11) is 1.62. The molecule has 0 saturated heterocycles. The Labute approximate surface area is 80.7 Å². The molecule has 0 spiro atoms. The summed E-state index contributed by atoms with van der Waals surface area (Å²) in [6.07, 6.45) is 0. The van der Waals surface area contributed by atoms with Crippen LogP contribution in [0.15, 0.2) is 36.9 Å². The normalized spacial score (nSPS) is 10.4. The van der Waals surface area contributed by atoms with Crippen LogP contribution in [0.4, 0.5) is 0 Å². The molecule has 13 heavy (non-hydrogen) atoms. The summed E-state index contributed by atoms with van der Waals surface area (Å²) in [6.45, 7) is 3.98. The molecule has 0 radical (unpaired) electrons. The van der Waals surface area contributed by atoms with Gasteiger partial charge in [0.2, 0.25) is 0 Å². The molecule has 0 N–H and O–H groups in total. The van der Waals surface area contributed by atoms with Crippen LogP contribution < -0.4 is 0 Å². The van der Waals surface area contributed by atoms with Crippen LogP contribution in [0, 0.1) is 0 Å². The van der Waals surface area contributed by atoms with Crippen molar-refractivity contribution >= 4 is 14.5 Å². The lowest BCUT2D eigenvalue weighted by Gasteiger charge is -2.13. The van der Waals surface area contributed by atoms with Crippen molar-refractivity contribution in [2.24, 2.45) is 0 Å². The summed E-state index contributed by atoms with van der Waals surface area (Å²) in [5, 5.41) is 0.977. The first-order chi connectivity index (χ1) is 6.29. The Morgan fingerprint density at radius 3 is 2.15 bits per heavy atom. The third kappa shape index (κ3) is 2.52. The van der Waals surface area contributed by atoms with E-state index in [9.17, 15) is 0 Å².